The van der Waals surface area contributed by atoms with Gasteiger partial charge in [0, 0.05) is 12.6 Å². The Morgan fingerprint density at radius 2 is 1.82 bits per heavy atom. The third-order valence-electron chi connectivity index (χ3n) is 2.50. The highest BCUT2D eigenvalue weighted by Crippen LogP contribution is 2.14. The molecule has 1 nitrogen and oxygen atoms in total. The predicted octanol–water partition coefficient (Wildman–Crippen LogP) is 4.10. The zero-order valence-electron chi connectivity index (χ0n) is 10.8. The number of aryl methyl sites for hydroxylation is 1. The maximum atomic E-state index is 4.33. The Bertz CT molecular complexity index is 490. The summed E-state index contributed by atoms with van der Waals surface area (Å²) in [6.07, 6.45) is 3.91. The maximum Gasteiger partial charge on any atom is 0.0712 e. The molecule has 0 radical (unpaired) electrons. The topological polar surface area (TPSA) is 12.4 Å². The Balaban J connectivity index is 3.06. The molecule has 0 aliphatic carbocycles. The van der Waals surface area contributed by atoms with E-state index in [2.05, 4.69) is 37.2 Å². The van der Waals surface area contributed by atoms with Crippen molar-refractivity contribution in [3.63, 3.8) is 0 Å². The molecule has 88 valence electrons. The highest BCUT2D eigenvalue weighted by Gasteiger charge is 2.06. The number of hydrogen-bond acceptors (Lipinski definition) is 1. The van der Waals surface area contributed by atoms with Gasteiger partial charge in [0.2, 0.25) is 0 Å². The van der Waals surface area contributed by atoms with E-state index in [1.54, 1.807) is 7.05 Å². The van der Waals surface area contributed by atoms with Crippen LogP contribution in [0.5, 0.6) is 0 Å². The van der Waals surface area contributed by atoms with Crippen LogP contribution in [0, 0.1) is 6.92 Å². The lowest BCUT2D eigenvalue weighted by molar-refractivity contribution is 1.38. The fourth-order valence-electron chi connectivity index (χ4n) is 1.60. The summed E-state index contributed by atoms with van der Waals surface area (Å²) < 4.78 is 0. The van der Waals surface area contributed by atoms with Crippen LogP contribution in [-0.2, 0) is 0 Å². The molecule has 0 unspecified atom stereocenters. The second-order valence-corrected chi connectivity index (χ2v) is 4.09. The summed E-state index contributed by atoms with van der Waals surface area (Å²) in [4.78, 5) is 4.33. The van der Waals surface area contributed by atoms with E-state index < -0.39 is 0 Å². The first-order valence-electron chi connectivity index (χ1n) is 5.62. The highest BCUT2D eigenvalue weighted by atomic mass is 14.7. The van der Waals surface area contributed by atoms with E-state index in [-0.39, 0.29) is 0 Å². The standard InChI is InChI=1S/C16H19N/c1-12(2)10-11-14(4)16(17-5)15-9-7-6-8-13(15)3/h6-11H,1,4H2,2-3,5H3/b11-10-,17-16?. The van der Waals surface area contributed by atoms with E-state index >= 15 is 0 Å². The molecule has 17 heavy (non-hydrogen) atoms. The van der Waals surface area contributed by atoms with Gasteiger partial charge in [-0.1, -0.05) is 55.1 Å². The summed E-state index contributed by atoms with van der Waals surface area (Å²) in [7, 11) is 1.79. The summed E-state index contributed by atoms with van der Waals surface area (Å²) in [5.41, 5.74) is 5.18. The normalized spacial score (nSPS) is 11.8. The maximum absolute atomic E-state index is 4.33. The number of aliphatic imine (C=N–C) groups is 1. The first kappa shape index (κ1) is 13.2. The van der Waals surface area contributed by atoms with Crippen molar-refractivity contribution in [2.24, 2.45) is 4.99 Å². The molecule has 0 spiro atoms. The van der Waals surface area contributed by atoms with Crippen molar-refractivity contribution < 1.29 is 0 Å². The monoisotopic (exact) mass is 225 g/mol. The molecule has 1 rings (SSSR count). The van der Waals surface area contributed by atoms with Gasteiger partial charge in [0.1, 0.15) is 0 Å². The number of rotatable bonds is 4. The molecular formula is C16H19N. The Morgan fingerprint density at radius 1 is 1.18 bits per heavy atom. The van der Waals surface area contributed by atoms with E-state index in [1.807, 2.05) is 31.2 Å². The van der Waals surface area contributed by atoms with Crippen LogP contribution in [0.25, 0.3) is 0 Å². The van der Waals surface area contributed by atoms with Gasteiger partial charge in [-0.05, 0) is 25.0 Å². The molecule has 0 saturated carbocycles. The largest absolute Gasteiger partial charge is 0.287 e. The van der Waals surface area contributed by atoms with E-state index in [9.17, 15) is 0 Å². The SMILES string of the molecule is C=C(C)/C=C\C(=C)C(=NC)c1ccccc1C. The number of allylic oxidation sites excluding steroid dienone is 4. The fourth-order valence-corrected chi connectivity index (χ4v) is 1.60. The molecule has 0 fully saturated rings. The fraction of sp³-hybridized carbons (Fsp3) is 0.188. The molecule has 1 heteroatoms. The van der Waals surface area contributed by atoms with Crippen LogP contribution in [0.15, 0.2) is 65.7 Å². The molecular weight excluding hydrogens is 206 g/mol. The minimum Gasteiger partial charge on any atom is -0.287 e. The quantitative estimate of drug-likeness (QED) is 0.540. The van der Waals surface area contributed by atoms with Crippen LogP contribution in [0.4, 0.5) is 0 Å². The summed E-state index contributed by atoms with van der Waals surface area (Å²) in [6, 6.07) is 8.19. The van der Waals surface area contributed by atoms with Crippen LogP contribution in [0.3, 0.4) is 0 Å². The molecule has 1 aromatic carbocycles. The Morgan fingerprint density at radius 3 is 2.35 bits per heavy atom. The van der Waals surface area contributed by atoms with E-state index in [4.69, 9.17) is 0 Å². The molecule has 0 bridgehead atoms. The summed E-state index contributed by atoms with van der Waals surface area (Å²) in [6.45, 7) is 11.9. The molecule has 0 heterocycles. The third-order valence-corrected chi connectivity index (χ3v) is 2.50. The lowest BCUT2D eigenvalue weighted by Gasteiger charge is -2.09. The summed E-state index contributed by atoms with van der Waals surface area (Å²) in [5.74, 6) is 0. The summed E-state index contributed by atoms with van der Waals surface area (Å²) >= 11 is 0. The predicted molar refractivity (Wildman–Crippen MR) is 76.7 cm³/mol. The smallest absolute Gasteiger partial charge is 0.0712 e. The van der Waals surface area contributed by atoms with Crippen molar-refractivity contribution in [2.75, 3.05) is 7.05 Å². The van der Waals surface area contributed by atoms with E-state index in [0.717, 1.165) is 22.4 Å². The van der Waals surface area contributed by atoms with Crippen molar-refractivity contribution in [1.82, 2.24) is 0 Å². The van der Waals surface area contributed by atoms with Crippen LogP contribution < -0.4 is 0 Å². The van der Waals surface area contributed by atoms with Gasteiger partial charge >= 0.3 is 0 Å². The van der Waals surface area contributed by atoms with Gasteiger partial charge in [0.05, 0.1) is 5.71 Å². The Labute approximate surface area is 104 Å². The van der Waals surface area contributed by atoms with Gasteiger partial charge < -0.3 is 0 Å². The van der Waals surface area contributed by atoms with Crippen LogP contribution >= 0.6 is 0 Å². The van der Waals surface area contributed by atoms with Gasteiger partial charge in [-0.2, -0.15) is 0 Å². The molecule has 0 aliphatic rings. The van der Waals surface area contributed by atoms with Crippen molar-refractivity contribution in [1.29, 1.82) is 0 Å². The van der Waals surface area contributed by atoms with Crippen LogP contribution in [-0.4, -0.2) is 12.8 Å². The van der Waals surface area contributed by atoms with Gasteiger partial charge in [-0.15, -0.1) is 0 Å². The van der Waals surface area contributed by atoms with Crippen molar-refractivity contribution in [2.45, 2.75) is 13.8 Å². The van der Waals surface area contributed by atoms with Crippen LogP contribution in [0.1, 0.15) is 18.1 Å². The third kappa shape index (κ3) is 3.56. The van der Waals surface area contributed by atoms with Crippen molar-refractivity contribution in [3.8, 4) is 0 Å². The number of benzene rings is 1. The molecule has 0 atom stereocenters. The lowest BCUT2D eigenvalue weighted by Crippen LogP contribution is -2.04. The Kier molecular flexibility index (Phi) is 4.65. The van der Waals surface area contributed by atoms with E-state index in [0.29, 0.717) is 0 Å². The average Bonchev–Trinajstić information content (AvgIpc) is 2.30. The lowest BCUT2D eigenvalue weighted by atomic mass is 9.98. The second-order valence-electron chi connectivity index (χ2n) is 4.09. The molecule has 0 amide bonds. The number of nitrogens with zero attached hydrogens (tertiary/aromatic N) is 1. The minimum absolute atomic E-state index is 0.907. The first-order valence-corrected chi connectivity index (χ1v) is 5.62. The highest BCUT2D eigenvalue weighted by molar-refractivity contribution is 6.14. The zero-order chi connectivity index (χ0) is 12.8. The van der Waals surface area contributed by atoms with Crippen LogP contribution in [0.2, 0.25) is 0 Å². The van der Waals surface area contributed by atoms with Gasteiger partial charge in [0.15, 0.2) is 0 Å². The zero-order valence-corrected chi connectivity index (χ0v) is 10.8. The average molecular weight is 225 g/mol. The number of hydrogen-bond donors (Lipinski definition) is 0. The second kappa shape index (κ2) is 6.00. The molecule has 0 aromatic heterocycles. The first-order chi connectivity index (χ1) is 8.06. The van der Waals surface area contributed by atoms with Crippen molar-refractivity contribution >= 4 is 5.71 Å². The summed E-state index contributed by atoms with van der Waals surface area (Å²) in [5, 5.41) is 0. The minimum atomic E-state index is 0.907. The molecule has 0 saturated heterocycles. The Hall–Kier alpha value is -1.89. The van der Waals surface area contributed by atoms with Gasteiger partial charge in [0.25, 0.3) is 0 Å². The van der Waals surface area contributed by atoms with Gasteiger partial charge in [-0.25, -0.2) is 0 Å². The van der Waals surface area contributed by atoms with E-state index in [1.165, 1.54) is 5.56 Å². The molecule has 0 N–H and O–H groups in total. The molecule has 0 aliphatic heterocycles. The van der Waals surface area contributed by atoms with Gasteiger partial charge in [-0.3, -0.25) is 4.99 Å². The van der Waals surface area contributed by atoms with Crippen molar-refractivity contribution in [3.05, 3.63) is 71.8 Å². The molecule has 1 aromatic rings.